The van der Waals surface area contributed by atoms with Crippen molar-refractivity contribution >= 4 is 11.6 Å². The summed E-state index contributed by atoms with van der Waals surface area (Å²) in [6.45, 7) is 7.13. The summed E-state index contributed by atoms with van der Waals surface area (Å²) >= 11 is 5.88. The molecule has 5 heteroatoms. The molecule has 1 heterocycles. The largest absolute Gasteiger partial charge is 0.439 e. The fourth-order valence-corrected chi connectivity index (χ4v) is 2.23. The number of halogens is 1. The number of hydrogen-bond acceptors (Lipinski definition) is 4. The Morgan fingerprint density at radius 3 is 2.48 bits per heavy atom. The average Bonchev–Trinajstić information content (AvgIpc) is 2.87. The van der Waals surface area contributed by atoms with Crippen molar-refractivity contribution < 1.29 is 9.52 Å². The van der Waals surface area contributed by atoms with E-state index in [9.17, 15) is 5.11 Å². The van der Waals surface area contributed by atoms with Gasteiger partial charge in [-0.1, -0.05) is 11.6 Å². The Bertz CT molecular complexity index is 564. The summed E-state index contributed by atoms with van der Waals surface area (Å²) in [5, 5.41) is 10.2. The number of rotatable bonds is 6. The topological polar surface area (TPSA) is 49.5 Å². The number of aliphatic hydroxyl groups excluding tert-OH is 1. The zero-order valence-corrected chi connectivity index (χ0v) is 13.3. The van der Waals surface area contributed by atoms with Crippen LogP contribution in [-0.4, -0.2) is 33.7 Å². The Morgan fingerprint density at radius 2 is 1.90 bits per heavy atom. The molecule has 0 aliphatic rings. The highest BCUT2D eigenvalue weighted by Gasteiger charge is 2.16. The van der Waals surface area contributed by atoms with Gasteiger partial charge in [0.25, 0.3) is 0 Å². The maximum absolute atomic E-state index is 9.55. The third-order valence-corrected chi connectivity index (χ3v) is 3.50. The number of aliphatic hydroxyl groups is 1. The summed E-state index contributed by atoms with van der Waals surface area (Å²) in [5.74, 6) is 1.37. The number of aromatic nitrogens is 1. The monoisotopic (exact) mass is 308 g/mol. The Hall–Kier alpha value is -1.36. The molecular formula is C16H21ClN2O2. The van der Waals surface area contributed by atoms with Crippen molar-refractivity contribution in [3.63, 3.8) is 0 Å². The van der Waals surface area contributed by atoms with Gasteiger partial charge in [0, 0.05) is 23.2 Å². The first kappa shape index (κ1) is 16.0. The molecular weight excluding hydrogens is 288 g/mol. The van der Waals surface area contributed by atoms with E-state index in [2.05, 4.69) is 23.7 Å². The van der Waals surface area contributed by atoms with Crippen LogP contribution in [0.3, 0.4) is 0 Å². The first-order valence-corrected chi connectivity index (χ1v) is 7.46. The van der Waals surface area contributed by atoms with Gasteiger partial charge in [0.2, 0.25) is 5.89 Å². The molecule has 0 saturated carbocycles. The predicted octanol–water partition coefficient (Wildman–Crippen LogP) is 3.59. The van der Waals surface area contributed by atoms with Crippen LogP contribution in [0.25, 0.3) is 11.3 Å². The molecule has 0 spiro atoms. The minimum Gasteiger partial charge on any atom is -0.439 e. The predicted molar refractivity (Wildman–Crippen MR) is 84.2 cm³/mol. The van der Waals surface area contributed by atoms with Crippen LogP contribution in [0.5, 0.6) is 0 Å². The van der Waals surface area contributed by atoms with Gasteiger partial charge < -0.3 is 9.52 Å². The van der Waals surface area contributed by atoms with E-state index < -0.39 is 0 Å². The summed E-state index contributed by atoms with van der Waals surface area (Å²) in [7, 11) is 0. The molecule has 0 aliphatic heterocycles. The highest BCUT2D eigenvalue weighted by Crippen LogP contribution is 2.23. The first-order chi connectivity index (χ1) is 9.95. The van der Waals surface area contributed by atoms with Crippen molar-refractivity contribution in [2.24, 2.45) is 0 Å². The zero-order valence-electron chi connectivity index (χ0n) is 12.6. The van der Waals surface area contributed by atoms with E-state index in [1.54, 1.807) is 13.1 Å². The van der Waals surface area contributed by atoms with Gasteiger partial charge in [-0.05, 0) is 45.0 Å². The lowest BCUT2D eigenvalue weighted by molar-refractivity contribution is 0.0964. The molecule has 114 valence electrons. The second kappa shape index (κ2) is 7.07. The van der Waals surface area contributed by atoms with Gasteiger partial charge in [0.05, 0.1) is 18.8 Å². The van der Waals surface area contributed by atoms with Crippen molar-refractivity contribution in [2.75, 3.05) is 6.54 Å². The van der Waals surface area contributed by atoms with E-state index in [1.165, 1.54) is 0 Å². The summed E-state index contributed by atoms with van der Waals surface area (Å²) < 4.78 is 5.79. The fraction of sp³-hybridized carbons (Fsp3) is 0.438. The van der Waals surface area contributed by atoms with E-state index in [-0.39, 0.29) is 6.10 Å². The van der Waals surface area contributed by atoms with E-state index in [1.807, 2.05) is 24.3 Å². The second-order valence-corrected chi connectivity index (χ2v) is 5.93. The lowest BCUT2D eigenvalue weighted by Crippen LogP contribution is -2.36. The summed E-state index contributed by atoms with van der Waals surface area (Å²) in [4.78, 5) is 6.45. The smallest absolute Gasteiger partial charge is 0.209 e. The Morgan fingerprint density at radius 1 is 1.24 bits per heavy atom. The van der Waals surface area contributed by atoms with Crippen molar-refractivity contribution in [3.8, 4) is 11.3 Å². The molecule has 0 aliphatic carbocycles. The van der Waals surface area contributed by atoms with E-state index in [0.29, 0.717) is 30.0 Å². The van der Waals surface area contributed by atoms with Crippen LogP contribution in [0.15, 0.2) is 34.9 Å². The summed E-state index contributed by atoms with van der Waals surface area (Å²) in [6.07, 6.45) is 1.34. The van der Waals surface area contributed by atoms with Crippen LogP contribution < -0.4 is 0 Å². The van der Waals surface area contributed by atoms with E-state index >= 15 is 0 Å². The minimum atomic E-state index is -0.377. The molecule has 0 radical (unpaired) electrons. The molecule has 1 atom stereocenters. The van der Waals surface area contributed by atoms with Gasteiger partial charge in [-0.3, -0.25) is 4.90 Å². The molecule has 4 nitrogen and oxygen atoms in total. The Kier molecular flexibility index (Phi) is 5.39. The number of hydrogen-bond donors (Lipinski definition) is 1. The van der Waals surface area contributed by atoms with Gasteiger partial charge in [0.1, 0.15) is 0 Å². The molecule has 2 rings (SSSR count). The molecule has 1 aromatic carbocycles. The highest BCUT2D eigenvalue weighted by atomic mass is 35.5. The van der Waals surface area contributed by atoms with Crippen LogP contribution >= 0.6 is 11.6 Å². The quantitative estimate of drug-likeness (QED) is 0.886. The maximum Gasteiger partial charge on any atom is 0.209 e. The number of nitrogens with zero attached hydrogens (tertiary/aromatic N) is 2. The van der Waals surface area contributed by atoms with E-state index in [4.69, 9.17) is 16.0 Å². The molecule has 21 heavy (non-hydrogen) atoms. The fourth-order valence-electron chi connectivity index (χ4n) is 2.10. The molecule has 1 aromatic heterocycles. The van der Waals surface area contributed by atoms with Crippen LogP contribution in [0.2, 0.25) is 5.02 Å². The second-order valence-electron chi connectivity index (χ2n) is 5.50. The molecule has 0 saturated heterocycles. The number of oxazole rings is 1. The SMILES string of the molecule is CC(O)CN(Cc1ncc(-c2ccc(Cl)cc2)o1)C(C)C. The van der Waals surface area contributed by atoms with Crippen molar-refractivity contribution in [3.05, 3.63) is 41.4 Å². The first-order valence-electron chi connectivity index (χ1n) is 7.08. The zero-order chi connectivity index (χ0) is 15.4. The van der Waals surface area contributed by atoms with Gasteiger partial charge in [-0.25, -0.2) is 4.98 Å². The lowest BCUT2D eigenvalue weighted by atomic mass is 10.2. The maximum atomic E-state index is 9.55. The molecule has 1 N–H and O–H groups in total. The highest BCUT2D eigenvalue weighted by molar-refractivity contribution is 6.30. The van der Waals surface area contributed by atoms with Crippen molar-refractivity contribution in [1.82, 2.24) is 9.88 Å². The van der Waals surface area contributed by atoms with Crippen molar-refractivity contribution in [2.45, 2.75) is 39.5 Å². The van der Waals surface area contributed by atoms with Crippen molar-refractivity contribution in [1.29, 1.82) is 0 Å². The third-order valence-electron chi connectivity index (χ3n) is 3.25. The normalized spacial score (nSPS) is 13.1. The van der Waals surface area contributed by atoms with Gasteiger partial charge in [0.15, 0.2) is 5.76 Å². The molecule has 0 fully saturated rings. The minimum absolute atomic E-state index is 0.311. The third kappa shape index (κ3) is 4.56. The van der Waals surface area contributed by atoms with Crippen LogP contribution in [-0.2, 0) is 6.54 Å². The van der Waals surface area contributed by atoms with Crippen LogP contribution in [0, 0.1) is 0 Å². The average molecular weight is 309 g/mol. The molecule has 2 aromatic rings. The number of benzene rings is 1. The Balaban J connectivity index is 2.10. The molecule has 0 amide bonds. The summed E-state index contributed by atoms with van der Waals surface area (Å²) in [5.41, 5.74) is 0.949. The van der Waals surface area contributed by atoms with Gasteiger partial charge in [-0.2, -0.15) is 0 Å². The Labute approximate surface area is 130 Å². The van der Waals surface area contributed by atoms with E-state index in [0.717, 1.165) is 11.3 Å². The molecule has 1 unspecified atom stereocenters. The lowest BCUT2D eigenvalue weighted by Gasteiger charge is -2.26. The summed E-state index contributed by atoms with van der Waals surface area (Å²) in [6, 6.07) is 7.77. The van der Waals surface area contributed by atoms with Crippen LogP contribution in [0.1, 0.15) is 26.7 Å². The van der Waals surface area contributed by atoms with Gasteiger partial charge in [-0.15, -0.1) is 0 Å². The van der Waals surface area contributed by atoms with Gasteiger partial charge >= 0.3 is 0 Å². The standard InChI is InChI=1S/C16H21ClN2O2/c1-11(2)19(9-12(3)20)10-16-18-8-15(21-16)13-4-6-14(17)7-5-13/h4-8,11-12,20H,9-10H2,1-3H3. The molecule has 0 bridgehead atoms. The van der Waals surface area contributed by atoms with Crippen LogP contribution in [0.4, 0.5) is 0 Å².